The Morgan fingerprint density at radius 1 is 0.535 bits per heavy atom. The van der Waals surface area contributed by atoms with Gasteiger partial charge >= 0.3 is 5.97 Å². The number of carbonyl (C=O) groups excluding carboxylic acids is 7. The number of fused-ring (bicyclic) bond motifs is 1. The smallest absolute Gasteiger partial charge is 0.326 e. The zero-order valence-corrected chi connectivity index (χ0v) is 41.1. The number of hydrogen-bond acceptors (Lipinski definition) is 10. The lowest BCUT2D eigenvalue weighted by molar-refractivity contribution is -0.142. The quantitative estimate of drug-likeness (QED) is 0.0336. The van der Waals surface area contributed by atoms with Gasteiger partial charge in [-0.1, -0.05) is 107 Å². The first-order valence-corrected chi connectivity index (χ1v) is 24.3. The van der Waals surface area contributed by atoms with Crippen LogP contribution in [0.4, 0.5) is 0 Å². The van der Waals surface area contributed by atoms with Crippen molar-refractivity contribution in [1.29, 1.82) is 0 Å². The molecule has 384 valence electrons. The summed E-state index contributed by atoms with van der Waals surface area (Å²) in [6.45, 7) is 7.74. The summed E-state index contributed by atoms with van der Waals surface area (Å²) in [5.74, 6) is -6.66. The van der Waals surface area contributed by atoms with Gasteiger partial charge in [0.2, 0.25) is 41.4 Å². The Bertz CT molecular complexity index is 2390. The second-order valence-electron chi connectivity index (χ2n) is 18.8. The Hall–Kier alpha value is -7.12. The number of aromatic amines is 1. The van der Waals surface area contributed by atoms with E-state index in [1.165, 1.54) is 0 Å². The van der Waals surface area contributed by atoms with E-state index in [2.05, 4.69) is 36.9 Å². The van der Waals surface area contributed by atoms with Crippen molar-refractivity contribution in [2.75, 3.05) is 6.54 Å². The summed E-state index contributed by atoms with van der Waals surface area (Å²) >= 11 is 0. The average molecular weight is 981 g/mol. The summed E-state index contributed by atoms with van der Waals surface area (Å²) < 4.78 is 0. The fraction of sp³-hybridized carbons (Fsp3) is 0.462. The molecule has 0 unspecified atom stereocenters. The van der Waals surface area contributed by atoms with E-state index in [1.807, 2.05) is 82.3 Å². The molecule has 0 aliphatic carbocycles. The molecule has 19 heteroatoms. The highest BCUT2D eigenvalue weighted by Gasteiger charge is 2.35. The largest absolute Gasteiger partial charge is 0.480 e. The van der Waals surface area contributed by atoms with Gasteiger partial charge in [0.1, 0.15) is 36.3 Å². The number of primary amides is 1. The number of carbonyl (C=O) groups is 8. The minimum absolute atomic E-state index is 0.0278. The van der Waals surface area contributed by atoms with Crippen molar-refractivity contribution in [2.24, 2.45) is 29.0 Å². The molecule has 1 aromatic heterocycles. The Morgan fingerprint density at radius 2 is 0.986 bits per heavy atom. The molecular formula is C52H72N10O9. The summed E-state index contributed by atoms with van der Waals surface area (Å²) in [7, 11) is 0. The molecule has 4 aromatic rings. The zero-order valence-electron chi connectivity index (χ0n) is 41.1. The van der Waals surface area contributed by atoms with Crippen molar-refractivity contribution < 1.29 is 43.5 Å². The number of aliphatic carboxylic acids is 1. The van der Waals surface area contributed by atoms with Gasteiger partial charge in [-0.25, -0.2) is 4.79 Å². The third-order valence-electron chi connectivity index (χ3n) is 11.8. The molecule has 7 amide bonds. The third kappa shape index (κ3) is 19.0. The van der Waals surface area contributed by atoms with Gasteiger partial charge in [0.25, 0.3) is 0 Å². The summed E-state index contributed by atoms with van der Waals surface area (Å²) in [5.41, 5.74) is 20.3. The molecule has 0 saturated carbocycles. The molecule has 0 spiro atoms. The van der Waals surface area contributed by atoms with Crippen molar-refractivity contribution in [3.05, 3.63) is 108 Å². The summed E-state index contributed by atoms with van der Waals surface area (Å²) in [6.07, 6.45) is 2.60. The van der Waals surface area contributed by atoms with Crippen LogP contribution in [0.25, 0.3) is 10.9 Å². The fourth-order valence-electron chi connectivity index (χ4n) is 8.10. The van der Waals surface area contributed by atoms with E-state index in [9.17, 15) is 43.5 Å². The Balaban J connectivity index is 1.64. The number of nitrogens with one attached hydrogen (secondary N) is 7. The highest BCUT2D eigenvalue weighted by atomic mass is 16.4. The van der Waals surface area contributed by atoms with Crippen LogP contribution in [-0.4, -0.2) is 106 Å². The van der Waals surface area contributed by atoms with E-state index in [4.69, 9.17) is 17.2 Å². The van der Waals surface area contributed by atoms with Gasteiger partial charge < -0.3 is 59.2 Å². The predicted octanol–water partition coefficient (Wildman–Crippen LogP) is 2.00. The number of carboxylic acids is 1. The number of para-hydroxylation sites is 1. The first-order chi connectivity index (χ1) is 33.8. The first-order valence-electron chi connectivity index (χ1n) is 24.3. The number of rotatable bonds is 30. The summed E-state index contributed by atoms with van der Waals surface area (Å²) in [4.78, 5) is 112. The number of amides is 7. The lowest BCUT2D eigenvalue weighted by Crippen LogP contribution is -2.60. The topological polar surface area (TPSA) is 323 Å². The SMILES string of the molecule is CC(C)C[C@H](NC(=O)[C@H](Cc1ccccc1)NC(=O)[C@H](Cc1c[nH]c2ccccc12)NC(=O)[C@H](CC(C)C)NC(=O)[C@@H](N)Cc1ccccc1)C(=O)N[C@@H](CCC(N)=O)C(=O)N[C@@H](CCCCN)C(=O)O. The Morgan fingerprint density at radius 3 is 1.52 bits per heavy atom. The van der Waals surface area contributed by atoms with Crippen LogP contribution < -0.4 is 49.1 Å². The highest BCUT2D eigenvalue weighted by molar-refractivity contribution is 5.98. The minimum Gasteiger partial charge on any atom is -0.480 e. The molecule has 0 aliphatic heterocycles. The molecule has 0 radical (unpaired) electrons. The molecule has 14 N–H and O–H groups in total. The predicted molar refractivity (Wildman–Crippen MR) is 270 cm³/mol. The van der Waals surface area contributed by atoms with Crippen LogP contribution in [0.3, 0.4) is 0 Å². The van der Waals surface area contributed by atoms with Gasteiger partial charge in [-0.3, -0.25) is 33.6 Å². The van der Waals surface area contributed by atoms with E-state index >= 15 is 0 Å². The van der Waals surface area contributed by atoms with Crippen molar-refractivity contribution >= 4 is 58.2 Å². The number of benzene rings is 3. The molecule has 0 fully saturated rings. The van der Waals surface area contributed by atoms with Gasteiger partial charge in [-0.15, -0.1) is 0 Å². The van der Waals surface area contributed by atoms with Gasteiger partial charge in [-0.2, -0.15) is 0 Å². The maximum absolute atomic E-state index is 14.8. The van der Waals surface area contributed by atoms with Gasteiger partial charge in [-0.05, 0) is 86.1 Å². The zero-order chi connectivity index (χ0) is 52.0. The highest BCUT2D eigenvalue weighted by Crippen LogP contribution is 2.20. The normalized spacial score (nSPS) is 14.3. The third-order valence-corrected chi connectivity index (χ3v) is 11.8. The van der Waals surface area contributed by atoms with Crippen LogP contribution in [-0.2, 0) is 57.6 Å². The number of aromatic nitrogens is 1. The standard InChI is InChI=1S/C52H72N10O9/c1-31(2)25-41(59-46(64)37(54)27-33-15-7-5-8-16-33)49(67)62-44(29-35-30-56-38-20-12-11-19-36(35)38)51(69)61-43(28-34-17-9-6-10-18-34)50(68)60-42(26-32(3)4)48(66)57-39(22-23-45(55)63)47(65)58-40(52(70)71)21-13-14-24-53/h5-12,15-20,30-32,37,39-44,56H,13-14,21-29,53-54H2,1-4H3,(H2,55,63)(H,57,66)(H,58,65)(H,59,64)(H,60,68)(H,61,69)(H,62,67)(H,70,71)/t37-,39-,40-,41-,42-,43-,44-/m0/s1. The minimum atomic E-state index is -1.41. The van der Waals surface area contributed by atoms with Crippen LogP contribution in [0.15, 0.2) is 91.1 Å². The molecule has 0 aliphatic rings. The molecule has 71 heavy (non-hydrogen) atoms. The van der Waals surface area contributed by atoms with Crippen molar-refractivity contribution in [3.63, 3.8) is 0 Å². The van der Waals surface area contributed by atoms with Gasteiger partial charge in [0.05, 0.1) is 6.04 Å². The van der Waals surface area contributed by atoms with Gasteiger partial charge in [0, 0.05) is 36.4 Å². The van der Waals surface area contributed by atoms with Crippen molar-refractivity contribution in [3.8, 4) is 0 Å². The van der Waals surface area contributed by atoms with E-state index in [0.717, 1.165) is 16.5 Å². The number of hydrogen-bond donors (Lipinski definition) is 11. The van der Waals surface area contributed by atoms with Crippen LogP contribution in [0.2, 0.25) is 0 Å². The second kappa shape index (κ2) is 28.5. The van der Waals surface area contributed by atoms with Crippen LogP contribution in [0.1, 0.15) is 89.3 Å². The maximum Gasteiger partial charge on any atom is 0.326 e. The molecule has 0 saturated heterocycles. The fourth-order valence-corrected chi connectivity index (χ4v) is 8.10. The number of carboxylic acid groups (broad SMARTS) is 1. The summed E-state index contributed by atoms with van der Waals surface area (Å²) in [6, 6.07) is 16.9. The molecule has 3 aromatic carbocycles. The number of H-pyrrole nitrogens is 1. The van der Waals surface area contributed by atoms with E-state index < -0.39 is 89.6 Å². The average Bonchev–Trinajstić information content (AvgIpc) is 3.74. The first kappa shape index (κ1) is 56.5. The molecule has 4 rings (SSSR count). The Labute approximate surface area is 415 Å². The van der Waals surface area contributed by atoms with Crippen LogP contribution >= 0.6 is 0 Å². The summed E-state index contributed by atoms with van der Waals surface area (Å²) in [5, 5.41) is 26.9. The number of unbranched alkanes of at least 4 members (excludes halogenated alkanes) is 1. The van der Waals surface area contributed by atoms with E-state index in [1.54, 1.807) is 36.5 Å². The van der Waals surface area contributed by atoms with Crippen LogP contribution in [0.5, 0.6) is 0 Å². The molecule has 7 atom stereocenters. The lowest BCUT2D eigenvalue weighted by atomic mass is 9.98. The van der Waals surface area contributed by atoms with Crippen LogP contribution in [0, 0.1) is 11.8 Å². The lowest BCUT2D eigenvalue weighted by Gasteiger charge is -2.28. The second-order valence-corrected chi connectivity index (χ2v) is 18.8. The van der Waals surface area contributed by atoms with Crippen molar-refractivity contribution in [2.45, 2.75) is 134 Å². The molecule has 19 nitrogen and oxygen atoms in total. The molecule has 1 heterocycles. The van der Waals surface area contributed by atoms with E-state index in [0.29, 0.717) is 30.5 Å². The van der Waals surface area contributed by atoms with E-state index in [-0.39, 0.29) is 63.2 Å². The maximum atomic E-state index is 14.8. The monoisotopic (exact) mass is 981 g/mol. The number of nitrogens with two attached hydrogens (primary N) is 3. The van der Waals surface area contributed by atoms with Gasteiger partial charge in [0.15, 0.2) is 0 Å². The molecular weight excluding hydrogens is 909 g/mol. The molecule has 0 bridgehead atoms. The Kier molecular flexibility index (Phi) is 22.7. The van der Waals surface area contributed by atoms with Crippen molar-refractivity contribution in [1.82, 2.24) is 36.9 Å².